The molecule has 124 valence electrons. The molecule has 0 atom stereocenters. The standard InChI is InChI=1S/C18H19N3O3/c1-20(13-15-8-9-24-17(15)18(22)23-2)11-14-10-19-21(12-14)16-6-4-3-5-7-16/h3-10,12H,11,13H2,1-2H3. The maximum atomic E-state index is 11.6. The van der Waals surface area contributed by atoms with E-state index in [1.807, 2.05) is 54.5 Å². The van der Waals surface area contributed by atoms with Crippen LogP contribution in [0.3, 0.4) is 0 Å². The number of nitrogens with zero attached hydrogens (tertiary/aromatic N) is 3. The number of para-hydroxylation sites is 1. The molecule has 24 heavy (non-hydrogen) atoms. The molecule has 0 aliphatic carbocycles. The minimum Gasteiger partial charge on any atom is -0.463 e. The molecule has 0 aliphatic heterocycles. The predicted molar refractivity (Wildman–Crippen MR) is 88.8 cm³/mol. The highest BCUT2D eigenvalue weighted by atomic mass is 16.5. The summed E-state index contributed by atoms with van der Waals surface area (Å²) in [6, 6.07) is 11.7. The number of esters is 1. The quantitative estimate of drug-likeness (QED) is 0.652. The first-order chi connectivity index (χ1) is 11.7. The smallest absolute Gasteiger partial charge is 0.374 e. The Morgan fingerprint density at radius 3 is 2.79 bits per heavy atom. The first kappa shape index (κ1) is 16.0. The van der Waals surface area contributed by atoms with Crippen molar-refractivity contribution in [2.75, 3.05) is 14.2 Å². The molecule has 0 spiro atoms. The number of rotatable bonds is 6. The van der Waals surface area contributed by atoms with E-state index in [1.165, 1.54) is 13.4 Å². The van der Waals surface area contributed by atoms with Crippen molar-refractivity contribution in [3.8, 4) is 5.69 Å². The minimum absolute atomic E-state index is 0.254. The van der Waals surface area contributed by atoms with Crippen LogP contribution in [0.1, 0.15) is 21.7 Å². The highest BCUT2D eigenvalue weighted by Crippen LogP contribution is 2.16. The second-order valence-corrected chi connectivity index (χ2v) is 5.57. The molecule has 0 saturated carbocycles. The van der Waals surface area contributed by atoms with E-state index < -0.39 is 5.97 Å². The highest BCUT2D eigenvalue weighted by molar-refractivity contribution is 5.87. The van der Waals surface area contributed by atoms with E-state index in [2.05, 4.69) is 10.00 Å². The average Bonchev–Trinajstić information content (AvgIpc) is 3.24. The van der Waals surface area contributed by atoms with Crippen molar-refractivity contribution in [2.45, 2.75) is 13.1 Å². The molecule has 3 aromatic rings. The minimum atomic E-state index is -0.458. The van der Waals surface area contributed by atoms with Crippen LogP contribution in [-0.2, 0) is 17.8 Å². The molecule has 3 rings (SSSR count). The Morgan fingerprint density at radius 2 is 2.04 bits per heavy atom. The van der Waals surface area contributed by atoms with Crippen LogP contribution in [-0.4, -0.2) is 34.8 Å². The normalized spacial score (nSPS) is 11.0. The zero-order chi connectivity index (χ0) is 16.9. The molecule has 0 fully saturated rings. The van der Waals surface area contributed by atoms with Crippen LogP contribution in [0.2, 0.25) is 0 Å². The summed E-state index contributed by atoms with van der Waals surface area (Å²) in [6.45, 7) is 1.29. The molecule has 6 nitrogen and oxygen atoms in total. The fourth-order valence-electron chi connectivity index (χ4n) is 2.55. The van der Waals surface area contributed by atoms with Crippen LogP contribution in [0.4, 0.5) is 0 Å². The van der Waals surface area contributed by atoms with E-state index in [-0.39, 0.29) is 5.76 Å². The second kappa shape index (κ2) is 7.14. The van der Waals surface area contributed by atoms with E-state index in [1.54, 1.807) is 6.07 Å². The number of ether oxygens (including phenoxy) is 1. The number of carbonyl (C=O) groups is 1. The summed E-state index contributed by atoms with van der Waals surface area (Å²) in [4.78, 5) is 13.7. The van der Waals surface area contributed by atoms with E-state index in [4.69, 9.17) is 9.15 Å². The summed E-state index contributed by atoms with van der Waals surface area (Å²) in [5.74, 6) is -0.204. The van der Waals surface area contributed by atoms with E-state index >= 15 is 0 Å². The maximum absolute atomic E-state index is 11.6. The number of carbonyl (C=O) groups excluding carboxylic acids is 1. The molecule has 2 aromatic heterocycles. The van der Waals surface area contributed by atoms with Gasteiger partial charge < -0.3 is 9.15 Å². The topological polar surface area (TPSA) is 60.5 Å². The van der Waals surface area contributed by atoms with Gasteiger partial charge in [-0.25, -0.2) is 9.48 Å². The summed E-state index contributed by atoms with van der Waals surface area (Å²) in [5, 5.41) is 4.39. The average molecular weight is 325 g/mol. The van der Waals surface area contributed by atoms with Gasteiger partial charge in [0.2, 0.25) is 5.76 Å². The van der Waals surface area contributed by atoms with Gasteiger partial charge in [0.05, 0.1) is 25.3 Å². The van der Waals surface area contributed by atoms with Crippen molar-refractivity contribution in [1.82, 2.24) is 14.7 Å². The van der Waals surface area contributed by atoms with Crippen molar-refractivity contribution in [3.63, 3.8) is 0 Å². The number of aromatic nitrogens is 2. The lowest BCUT2D eigenvalue weighted by Gasteiger charge is -2.15. The van der Waals surface area contributed by atoms with Gasteiger partial charge in [-0.3, -0.25) is 4.90 Å². The lowest BCUT2D eigenvalue weighted by molar-refractivity contribution is 0.0562. The number of methoxy groups -OCH3 is 1. The number of hydrogen-bond donors (Lipinski definition) is 0. The molecule has 1 aromatic carbocycles. The summed E-state index contributed by atoms with van der Waals surface area (Å²) in [6.07, 6.45) is 5.35. The lowest BCUT2D eigenvalue weighted by Crippen LogP contribution is -2.18. The molecule has 0 amide bonds. The van der Waals surface area contributed by atoms with Gasteiger partial charge in [-0.2, -0.15) is 5.10 Å². The van der Waals surface area contributed by atoms with Crippen LogP contribution in [0.25, 0.3) is 5.69 Å². The number of furan rings is 1. The van der Waals surface area contributed by atoms with E-state index in [0.29, 0.717) is 13.1 Å². The predicted octanol–water partition coefficient (Wildman–Crippen LogP) is 2.88. The van der Waals surface area contributed by atoms with Crippen LogP contribution < -0.4 is 0 Å². The fourth-order valence-corrected chi connectivity index (χ4v) is 2.55. The molecule has 0 aliphatic rings. The van der Waals surface area contributed by atoms with Crippen molar-refractivity contribution < 1.29 is 13.9 Å². The molecule has 0 saturated heterocycles. The SMILES string of the molecule is COC(=O)c1occc1CN(C)Cc1cnn(-c2ccccc2)c1. The van der Waals surface area contributed by atoms with Crippen LogP contribution in [0.15, 0.2) is 59.5 Å². The van der Waals surface area contributed by atoms with E-state index in [0.717, 1.165) is 16.8 Å². The highest BCUT2D eigenvalue weighted by Gasteiger charge is 2.17. The molecule has 0 bridgehead atoms. The number of hydrogen-bond acceptors (Lipinski definition) is 5. The van der Waals surface area contributed by atoms with Gasteiger partial charge >= 0.3 is 5.97 Å². The van der Waals surface area contributed by atoms with Crippen molar-refractivity contribution in [2.24, 2.45) is 0 Å². The van der Waals surface area contributed by atoms with Crippen LogP contribution >= 0.6 is 0 Å². The lowest BCUT2D eigenvalue weighted by atomic mass is 10.2. The molecule has 2 heterocycles. The summed E-state index contributed by atoms with van der Waals surface area (Å²) >= 11 is 0. The van der Waals surface area contributed by atoms with Crippen molar-refractivity contribution in [3.05, 3.63) is 71.9 Å². The third-order valence-corrected chi connectivity index (χ3v) is 3.67. The monoisotopic (exact) mass is 325 g/mol. The molecular formula is C18H19N3O3. The Balaban J connectivity index is 1.66. The van der Waals surface area contributed by atoms with Crippen LogP contribution in [0, 0.1) is 0 Å². The zero-order valence-corrected chi connectivity index (χ0v) is 13.7. The summed E-state index contributed by atoms with van der Waals surface area (Å²) < 4.78 is 11.8. The Hall–Kier alpha value is -2.86. The maximum Gasteiger partial charge on any atom is 0.374 e. The van der Waals surface area contributed by atoms with Gasteiger partial charge in [0.15, 0.2) is 0 Å². The van der Waals surface area contributed by atoms with Gasteiger partial charge in [0.25, 0.3) is 0 Å². The van der Waals surface area contributed by atoms with Crippen molar-refractivity contribution in [1.29, 1.82) is 0 Å². The van der Waals surface area contributed by atoms with Gasteiger partial charge in [0, 0.05) is 30.4 Å². The second-order valence-electron chi connectivity index (χ2n) is 5.57. The van der Waals surface area contributed by atoms with Crippen molar-refractivity contribution >= 4 is 5.97 Å². The van der Waals surface area contributed by atoms with Gasteiger partial charge in [-0.15, -0.1) is 0 Å². The van der Waals surface area contributed by atoms with Gasteiger partial charge in [0.1, 0.15) is 0 Å². The Kier molecular flexibility index (Phi) is 4.77. The fraction of sp³-hybridized carbons (Fsp3) is 0.222. The number of benzene rings is 1. The Labute approximate surface area is 140 Å². The summed E-state index contributed by atoms with van der Waals surface area (Å²) in [7, 11) is 3.32. The molecule has 6 heteroatoms. The Morgan fingerprint density at radius 1 is 1.25 bits per heavy atom. The molecular weight excluding hydrogens is 306 g/mol. The van der Waals surface area contributed by atoms with Gasteiger partial charge in [-0.1, -0.05) is 18.2 Å². The summed E-state index contributed by atoms with van der Waals surface area (Å²) in [5.41, 5.74) is 2.92. The first-order valence-corrected chi connectivity index (χ1v) is 7.59. The first-order valence-electron chi connectivity index (χ1n) is 7.59. The molecule has 0 N–H and O–H groups in total. The largest absolute Gasteiger partial charge is 0.463 e. The third kappa shape index (κ3) is 3.55. The Bertz CT molecular complexity index is 808. The van der Waals surface area contributed by atoms with E-state index in [9.17, 15) is 4.79 Å². The molecule has 0 unspecified atom stereocenters. The zero-order valence-electron chi connectivity index (χ0n) is 13.7. The molecule has 0 radical (unpaired) electrons. The van der Waals surface area contributed by atoms with Gasteiger partial charge in [-0.05, 0) is 25.2 Å². The third-order valence-electron chi connectivity index (χ3n) is 3.67. The van der Waals surface area contributed by atoms with Crippen LogP contribution in [0.5, 0.6) is 0 Å².